The minimum absolute atomic E-state index is 0.0637. The van der Waals surface area contributed by atoms with Crippen LogP contribution in [0.4, 0.5) is 0 Å². The number of rotatable bonds is 5. The average Bonchev–Trinajstić information content (AvgIpc) is 2.91. The van der Waals surface area contributed by atoms with Gasteiger partial charge >= 0.3 is 0 Å². The predicted molar refractivity (Wildman–Crippen MR) is 144 cm³/mol. The monoisotopic (exact) mass is 480 g/mol. The molecule has 1 atom stereocenters. The van der Waals surface area contributed by atoms with E-state index >= 15 is 0 Å². The van der Waals surface area contributed by atoms with Crippen molar-refractivity contribution in [3.63, 3.8) is 0 Å². The van der Waals surface area contributed by atoms with Crippen LogP contribution in [0, 0.1) is 13.8 Å². The number of amides is 1. The fourth-order valence-corrected chi connectivity index (χ4v) is 5.00. The fourth-order valence-electron chi connectivity index (χ4n) is 5.00. The highest BCUT2D eigenvalue weighted by Gasteiger charge is 2.28. The number of aryl methyl sites for hydroxylation is 2. The van der Waals surface area contributed by atoms with Crippen LogP contribution in [0.25, 0.3) is 22.0 Å². The number of carbonyl (C=O) groups is 1. The van der Waals surface area contributed by atoms with Gasteiger partial charge in [0.25, 0.3) is 5.56 Å². The normalized spacial score (nSPS) is 15.2. The Morgan fingerprint density at radius 2 is 1.56 bits per heavy atom. The van der Waals surface area contributed by atoms with Gasteiger partial charge in [-0.3, -0.25) is 14.5 Å². The number of fused-ring (bicyclic) bond motifs is 1. The summed E-state index contributed by atoms with van der Waals surface area (Å²) >= 11 is 0. The summed E-state index contributed by atoms with van der Waals surface area (Å²) in [4.78, 5) is 31.2. The van der Waals surface area contributed by atoms with Crippen LogP contribution in [-0.4, -0.2) is 51.7 Å². The van der Waals surface area contributed by atoms with E-state index in [1.165, 1.54) is 10.2 Å². The van der Waals surface area contributed by atoms with Crippen molar-refractivity contribution < 1.29 is 4.79 Å². The molecular formula is C30H32N4O2. The van der Waals surface area contributed by atoms with Gasteiger partial charge in [-0.1, -0.05) is 66.2 Å². The first-order chi connectivity index (χ1) is 17.4. The third-order valence-corrected chi connectivity index (χ3v) is 7.13. The molecule has 2 heterocycles. The van der Waals surface area contributed by atoms with Gasteiger partial charge in [0.05, 0.1) is 11.1 Å². The van der Waals surface area contributed by atoms with Crippen molar-refractivity contribution in [2.24, 2.45) is 0 Å². The summed E-state index contributed by atoms with van der Waals surface area (Å²) < 4.78 is 1.39. The molecule has 1 aliphatic rings. The molecular weight excluding hydrogens is 448 g/mol. The number of aromatic nitrogens is 2. The van der Waals surface area contributed by atoms with E-state index in [-0.39, 0.29) is 11.5 Å². The first-order valence-corrected chi connectivity index (χ1v) is 12.6. The second-order valence-electron chi connectivity index (χ2n) is 9.73. The van der Waals surface area contributed by atoms with Gasteiger partial charge in [-0.05, 0) is 44.0 Å². The molecule has 5 rings (SSSR count). The third kappa shape index (κ3) is 4.69. The van der Waals surface area contributed by atoms with Gasteiger partial charge in [-0.15, -0.1) is 0 Å². The van der Waals surface area contributed by atoms with Crippen LogP contribution in [0.5, 0.6) is 0 Å². The SMILES string of the molecule is Cc1ccc(C)c(-c2nn([C@H](C)C(=O)N3CCN(Cc4ccccc4)CC3)c(=O)c3ccccc23)c1. The molecule has 0 saturated carbocycles. The van der Waals surface area contributed by atoms with Crippen molar-refractivity contribution >= 4 is 16.7 Å². The molecule has 0 bridgehead atoms. The Kier molecular flexibility index (Phi) is 6.70. The van der Waals surface area contributed by atoms with Crippen molar-refractivity contribution in [1.82, 2.24) is 19.6 Å². The lowest BCUT2D eigenvalue weighted by Crippen LogP contribution is -2.50. The lowest BCUT2D eigenvalue weighted by Gasteiger charge is -2.36. The van der Waals surface area contributed by atoms with Gasteiger partial charge in [-0.25, -0.2) is 4.68 Å². The van der Waals surface area contributed by atoms with E-state index in [0.717, 1.165) is 47.4 Å². The number of hydrogen-bond acceptors (Lipinski definition) is 4. The van der Waals surface area contributed by atoms with Gasteiger partial charge in [0.1, 0.15) is 6.04 Å². The Bertz CT molecular complexity index is 1450. The molecule has 3 aromatic carbocycles. The van der Waals surface area contributed by atoms with Gasteiger partial charge in [0, 0.05) is 43.7 Å². The maximum absolute atomic E-state index is 13.5. The smallest absolute Gasteiger partial charge is 0.275 e. The molecule has 36 heavy (non-hydrogen) atoms. The maximum Gasteiger partial charge on any atom is 0.275 e. The van der Waals surface area contributed by atoms with E-state index in [1.807, 2.05) is 49.1 Å². The van der Waals surface area contributed by atoms with Crippen molar-refractivity contribution in [2.75, 3.05) is 26.2 Å². The topological polar surface area (TPSA) is 58.4 Å². The minimum Gasteiger partial charge on any atom is -0.338 e. The Balaban J connectivity index is 1.42. The summed E-state index contributed by atoms with van der Waals surface area (Å²) in [6, 6.07) is 23.5. The van der Waals surface area contributed by atoms with Crippen molar-refractivity contribution in [3.05, 3.63) is 99.8 Å². The molecule has 184 valence electrons. The van der Waals surface area contributed by atoms with Crippen LogP contribution in [0.1, 0.15) is 29.7 Å². The van der Waals surface area contributed by atoms with Crippen LogP contribution in [0.2, 0.25) is 0 Å². The molecule has 4 aromatic rings. The van der Waals surface area contributed by atoms with Gasteiger partial charge in [0.2, 0.25) is 5.91 Å². The molecule has 0 spiro atoms. The Labute approximate surface area is 211 Å². The quantitative estimate of drug-likeness (QED) is 0.419. The number of hydrogen-bond donors (Lipinski definition) is 0. The summed E-state index contributed by atoms with van der Waals surface area (Å²) in [6.07, 6.45) is 0. The minimum atomic E-state index is -0.688. The third-order valence-electron chi connectivity index (χ3n) is 7.13. The molecule has 1 amide bonds. The predicted octanol–water partition coefficient (Wildman–Crippen LogP) is 4.59. The fraction of sp³-hybridized carbons (Fsp3) is 0.300. The summed E-state index contributed by atoms with van der Waals surface area (Å²) in [5.74, 6) is -0.0637. The van der Waals surface area contributed by atoms with Crippen molar-refractivity contribution in [3.8, 4) is 11.3 Å². The van der Waals surface area contributed by atoms with Crippen LogP contribution >= 0.6 is 0 Å². The lowest BCUT2D eigenvalue weighted by atomic mass is 9.99. The van der Waals surface area contributed by atoms with Crippen LogP contribution in [-0.2, 0) is 11.3 Å². The van der Waals surface area contributed by atoms with Gasteiger partial charge < -0.3 is 4.90 Å². The maximum atomic E-state index is 13.5. The number of nitrogens with zero attached hydrogens (tertiary/aromatic N) is 4. The first kappa shape index (κ1) is 23.9. The highest BCUT2D eigenvalue weighted by atomic mass is 16.2. The second kappa shape index (κ2) is 10.1. The van der Waals surface area contributed by atoms with E-state index in [2.05, 4.69) is 47.4 Å². The van der Waals surface area contributed by atoms with E-state index in [9.17, 15) is 9.59 Å². The molecule has 0 unspecified atom stereocenters. The lowest BCUT2D eigenvalue weighted by molar-refractivity contribution is -0.136. The van der Waals surface area contributed by atoms with Gasteiger partial charge in [-0.2, -0.15) is 5.10 Å². The molecule has 1 fully saturated rings. The van der Waals surface area contributed by atoms with Gasteiger partial charge in [0.15, 0.2) is 0 Å². The zero-order chi connectivity index (χ0) is 25.2. The average molecular weight is 481 g/mol. The highest BCUT2D eigenvalue weighted by molar-refractivity contribution is 5.94. The molecule has 1 aliphatic heterocycles. The first-order valence-electron chi connectivity index (χ1n) is 12.6. The van der Waals surface area contributed by atoms with Crippen LogP contribution < -0.4 is 5.56 Å². The Hall–Kier alpha value is -3.77. The summed E-state index contributed by atoms with van der Waals surface area (Å²) in [5.41, 5.74) is 4.96. The second-order valence-corrected chi connectivity index (χ2v) is 9.73. The van der Waals surface area contributed by atoms with E-state index in [4.69, 9.17) is 5.10 Å². The number of carbonyl (C=O) groups excluding carboxylic acids is 1. The summed E-state index contributed by atoms with van der Waals surface area (Å²) in [5, 5.41) is 6.19. The number of benzene rings is 3. The molecule has 1 aromatic heterocycles. The highest BCUT2D eigenvalue weighted by Crippen LogP contribution is 2.29. The Morgan fingerprint density at radius 3 is 2.28 bits per heavy atom. The van der Waals surface area contributed by atoms with E-state index < -0.39 is 6.04 Å². The largest absolute Gasteiger partial charge is 0.338 e. The molecule has 6 nitrogen and oxygen atoms in total. The standard InChI is InChI=1S/C30H32N4O2/c1-21-13-14-22(2)27(19-21)28-25-11-7-8-12-26(25)30(36)34(31-28)23(3)29(35)33-17-15-32(16-18-33)20-24-9-5-4-6-10-24/h4-14,19,23H,15-18,20H2,1-3H3/t23-/m1/s1. The van der Waals surface area contributed by atoms with Crippen molar-refractivity contribution in [1.29, 1.82) is 0 Å². The molecule has 6 heteroatoms. The summed E-state index contributed by atoms with van der Waals surface area (Å²) in [7, 11) is 0. The molecule has 0 radical (unpaired) electrons. The molecule has 0 aliphatic carbocycles. The Morgan fingerprint density at radius 1 is 0.889 bits per heavy atom. The van der Waals surface area contributed by atoms with E-state index in [0.29, 0.717) is 18.5 Å². The van der Waals surface area contributed by atoms with Crippen molar-refractivity contribution in [2.45, 2.75) is 33.4 Å². The number of piperazine rings is 1. The zero-order valence-electron chi connectivity index (χ0n) is 21.1. The zero-order valence-corrected chi connectivity index (χ0v) is 21.1. The molecule has 1 saturated heterocycles. The molecule has 0 N–H and O–H groups in total. The van der Waals surface area contributed by atoms with Crippen LogP contribution in [0.15, 0.2) is 77.6 Å². The summed E-state index contributed by atoms with van der Waals surface area (Å²) in [6.45, 7) is 9.65. The van der Waals surface area contributed by atoms with Crippen LogP contribution in [0.3, 0.4) is 0 Å². The van der Waals surface area contributed by atoms with E-state index in [1.54, 1.807) is 6.92 Å².